The van der Waals surface area contributed by atoms with Crippen LogP contribution in [0.5, 0.6) is 0 Å². The standard InChI is InChI=1S/C11H16ClNO2/c1-14-11(5-2-6-11)8-13-7-9-3-4-10(12)15-9/h3-4,13H,2,5-8H2,1H3. The lowest BCUT2D eigenvalue weighted by Crippen LogP contribution is -2.47. The van der Waals surface area contributed by atoms with Crippen LogP contribution >= 0.6 is 11.6 Å². The molecule has 0 amide bonds. The molecule has 15 heavy (non-hydrogen) atoms. The molecule has 1 heterocycles. The van der Waals surface area contributed by atoms with Gasteiger partial charge in [-0.2, -0.15) is 0 Å². The van der Waals surface area contributed by atoms with Crippen molar-refractivity contribution in [2.45, 2.75) is 31.4 Å². The second-order valence-corrected chi connectivity index (χ2v) is 4.42. The molecule has 1 aromatic heterocycles. The van der Waals surface area contributed by atoms with Crippen molar-refractivity contribution in [2.24, 2.45) is 0 Å². The maximum atomic E-state index is 5.68. The lowest BCUT2D eigenvalue weighted by molar-refractivity contribution is -0.0697. The van der Waals surface area contributed by atoms with Crippen molar-refractivity contribution < 1.29 is 9.15 Å². The molecule has 0 spiro atoms. The van der Waals surface area contributed by atoms with E-state index >= 15 is 0 Å². The summed E-state index contributed by atoms with van der Waals surface area (Å²) in [4.78, 5) is 0. The first-order valence-corrected chi connectivity index (χ1v) is 5.62. The van der Waals surface area contributed by atoms with Gasteiger partial charge in [0, 0.05) is 13.7 Å². The van der Waals surface area contributed by atoms with Gasteiger partial charge in [-0.15, -0.1) is 0 Å². The number of methoxy groups -OCH3 is 1. The van der Waals surface area contributed by atoms with Crippen molar-refractivity contribution in [1.29, 1.82) is 0 Å². The summed E-state index contributed by atoms with van der Waals surface area (Å²) < 4.78 is 10.7. The van der Waals surface area contributed by atoms with Gasteiger partial charge in [-0.3, -0.25) is 0 Å². The Balaban J connectivity index is 1.74. The first-order chi connectivity index (χ1) is 7.24. The number of furan rings is 1. The molecule has 1 N–H and O–H groups in total. The molecule has 0 radical (unpaired) electrons. The highest BCUT2D eigenvalue weighted by Crippen LogP contribution is 2.34. The molecule has 1 fully saturated rings. The fraction of sp³-hybridized carbons (Fsp3) is 0.636. The van der Waals surface area contributed by atoms with Gasteiger partial charge < -0.3 is 14.5 Å². The van der Waals surface area contributed by atoms with Crippen molar-refractivity contribution in [1.82, 2.24) is 5.32 Å². The Bertz CT molecular complexity index is 315. The molecule has 1 aliphatic carbocycles. The molecule has 3 nitrogen and oxygen atoms in total. The van der Waals surface area contributed by atoms with Crippen LogP contribution in [0.15, 0.2) is 16.5 Å². The lowest BCUT2D eigenvalue weighted by Gasteiger charge is -2.40. The van der Waals surface area contributed by atoms with E-state index in [1.807, 2.05) is 6.07 Å². The highest BCUT2D eigenvalue weighted by molar-refractivity contribution is 6.28. The molecule has 2 rings (SSSR count). The maximum absolute atomic E-state index is 5.68. The Kier molecular flexibility index (Phi) is 3.34. The highest BCUT2D eigenvalue weighted by atomic mass is 35.5. The van der Waals surface area contributed by atoms with E-state index < -0.39 is 0 Å². The van der Waals surface area contributed by atoms with E-state index in [1.165, 1.54) is 6.42 Å². The second-order valence-electron chi connectivity index (χ2n) is 4.05. The van der Waals surface area contributed by atoms with E-state index in [0.717, 1.165) is 25.1 Å². The maximum Gasteiger partial charge on any atom is 0.193 e. The molecule has 0 bridgehead atoms. The Morgan fingerprint density at radius 3 is 2.80 bits per heavy atom. The topological polar surface area (TPSA) is 34.4 Å². The fourth-order valence-corrected chi connectivity index (χ4v) is 2.05. The smallest absolute Gasteiger partial charge is 0.193 e. The largest absolute Gasteiger partial charge is 0.448 e. The minimum absolute atomic E-state index is 0.0659. The number of hydrogen-bond donors (Lipinski definition) is 1. The van der Waals surface area contributed by atoms with Crippen LogP contribution in [0.4, 0.5) is 0 Å². The van der Waals surface area contributed by atoms with Gasteiger partial charge >= 0.3 is 0 Å². The Morgan fingerprint density at radius 2 is 2.33 bits per heavy atom. The summed E-state index contributed by atoms with van der Waals surface area (Å²) in [5, 5.41) is 3.77. The molecule has 0 atom stereocenters. The van der Waals surface area contributed by atoms with Crippen LogP contribution in [0.2, 0.25) is 5.22 Å². The van der Waals surface area contributed by atoms with Crippen LogP contribution < -0.4 is 5.32 Å². The van der Waals surface area contributed by atoms with Gasteiger partial charge in [0.2, 0.25) is 0 Å². The summed E-state index contributed by atoms with van der Waals surface area (Å²) in [7, 11) is 1.78. The number of nitrogens with one attached hydrogen (secondary N) is 1. The van der Waals surface area contributed by atoms with Crippen molar-refractivity contribution in [3.05, 3.63) is 23.1 Å². The van der Waals surface area contributed by atoms with Crippen LogP contribution in [-0.2, 0) is 11.3 Å². The molecule has 1 aliphatic rings. The quantitative estimate of drug-likeness (QED) is 0.843. The molecule has 0 unspecified atom stereocenters. The van der Waals surface area contributed by atoms with E-state index in [-0.39, 0.29) is 5.60 Å². The van der Waals surface area contributed by atoms with Crippen LogP contribution in [0.1, 0.15) is 25.0 Å². The van der Waals surface area contributed by atoms with Gasteiger partial charge in [0.25, 0.3) is 0 Å². The van der Waals surface area contributed by atoms with Crippen LogP contribution in [0.25, 0.3) is 0 Å². The summed E-state index contributed by atoms with van der Waals surface area (Å²) in [6, 6.07) is 3.64. The average Bonchev–Trinajstić information content (AvgIpc) is 2.56. The third kappa shape index (κ3) is 2.54. The van der Waals surface area contributed by atoms with Gasteiger partial charge in [-0.05, 0) is 43.0 Å². The van der Waals surface area contributed by atoms with E-state index in [1.54, 1.807) is 13.2 Å². The predicted octanol–water partition coefficient (Wildman–Crippen LogP) is 2.59. The summed E-state index contributed by atoms with van der Waals surface area (Å²) >= 11 is 5.68. The number of rotatable bonds is 5. The van der Waals surface area contributed by atoms with Crippen LogP contribution in [0.3, 0.4) is 0 Å². The normalized spacial score (nSPS) is 18.8. The molecule has 84 valence electrons. The van der Waals surface area contributed by atoms with Crippen molar-refractivity contribution in [2.75, 3.05) is 13.7 Å². The van der Waals surface area contributed by atoms with E-state index in [0.29, 0.717) is 11.8 Å². The SMILES string of the molecule is COC1(CNCc2ccc(Cl)o2)CCC1. The third-order valence-electron chi connectivity index (χ3n) is 3.07. The highest BCUT2D eigenvalue weighted by Gasteiger charge is 2.36. The van der Waals surface area contributed by atoms with E-state index in [2.05, 4.69) is 5.32 Å². The summed E-state index contributed by atoms with van der Waals surface area (Å²) in [5.74, 6) is 0.866. The van der Waals surface area contributed by atoms with Crippen molar-refractivity contribution in [3.63, 3.8) is 0 Å². The molecule has 1 saturated carbocycles. The fourth-order valence-electron chi connectivity index (χ4n) is 1.88. The zero-order valence-electron chi connectivity index (χ0n) is 8.88. The van der Waals surface area contributed by atoms with Gasteiger partial charge in [-0.1, -0.05) is 0 Å². The molecular formula is C11H16ClNO2. The average molecular weight is 230 g/mol. The summed E-state index contributed by atoms with van der Waals surface area (Å²) in [6.45, 7) is 1.58. The Morgan fingerprint density at radius 1 is 1.53 bits per heavy atom. The van der Waals surface area contributed by atoms with Crippen LogP contribution in [-0.4, -0.2) is 19.3 Å². The summed E-state index contributed by atoms with van der Waals surface area (Å²) in [5.41, 5.74) is 0.0659. The molecule has 0 saturated heterocycles. The first kappa shape index (κ1) is 11.0. The van der Waals surface area contributed by atoms with E-state index in [9.17, 15) is 0 Å². The number of hydrogen-bond acceptors (Lipinski definition) is 3. The lowest BCUT2D eigenvalue weighted by atomic mass is 9.80. The minimum Gasteiger partial charge on any atom is -0.448 e. The molecule has 0 aromatic carbocycles. The predicted molar refractivity (Wildman–Crippen MR) is 59.0 cm³/mol. The van der Waals surface area contributed by atoms with Crippen LogP contribution in [0, 0.1) is 0 Å². The zero-order chi connectivity index (χ0) is 10.7. The van der Waals surface area contributed by atoms with Crippen molar-refractivity contribution in [3.8, 4) is 0 Å². The summed E-state index contributed by atoms with van der Waals surface area (Å²) in [6.07, 6.45) is 3.56. The molecular weight excluding hydrogens is 214 g/mol. The van der Waals surface area contributed by atoms with E-state index in [4.69, 9.17) is 20.8 Å². The minimum atomic E-state index is 0.0659. The monoisotopic (exact) mass is 229 g/mol. The van der Waals surface area contributed by atoms with Gasteiger partial charge in [0.05, 0.1) is 12.1 Å². The Labute approximate surface area is 94.7 Å². The Hall–Kier alpha value is -0.510. The molecule has 1 aromatic rings. The van der Waals surface area contributed by atoms with Gasteiger partial charge in [0.1, 0.15) is 5.76 Å². The van der Waals surface area contributed by atoms with Gasteiger partial charge in [0.15, 0.2) is 5.22 Å². The number of ether oxygens (including phenoxy) is 1. The zero-order valence-corrected chi connectivity index (χ0v) is 9.64. The molecule has 0 aliphatic heterocycles. The number of halogens is 1. The molecule has 4 heteroatoms. The second kappa shape index (κ2) is 4.56. The van der Waals surface area contributed by atoms with Gasteiger partial charge in [-0.25, -0.2) is 0 Å². The first-order valence-electron chi connectivity index (χ1n) is 5.24. The third-order valence-corrected chi connectivity index (χ3v) is 3.28. The van der Waals surface area contributed by atoms with Crippen molar-refractivity contribution >= 4 is 11.6 Å².